The second-order valence-corrected chi connectivity index (χ2v) is 9.33. The third kappa shape index (κ3) is 4.29. The predicted octanol–water partition coefficient (Wildman–Crippen LogP) is 2.53. The van der Waals surface area contributed by atoms with Gasteiger partial charge in [0.05, 0.1) is 17.0 Å². The maximum atomic E-state index is 12.7. The van der Waals surface area contributed by atoms with E-state index in [4.69, 9.17) is 0 Å². The van der Waals surface area contributed by atoms with Crippen molar-refractivity contribution < 1.29 is 4.79 Å². The fourth-order valence-corrected chi connectivity index (χ4v) is 3.98. The van der Waals surface area contributed by atoms with E-state index in [1.54, 1.807) is 16.1 Å². The SMILES string of the molecule is Cc1ccc(C(=O)N2CCCC(N(C)Cc3nnn(C(C)(C)C)n3)C2)s1. The molecule has 2 aromatic rings. The number of nitrogens with zero attached hydrogens (tertiary/aromatic N) is 6. The number of carbonyl (C=O) groups is 1. The van der Waals surface area contributed by atoms with Gasteiger partial charge in [-0.05, 0) is 64.9 Å². The minimum absolute atomic E-state index is 0.151. The Labute approximate surface area is 159 Å². The van der Waals surface area contributed by atoms with Gasteiger partial charge in [0.1, 0.15) is 0 Å². The Morgan fingerprint density at radius 1 is 1.38 bits per heavy atom. The average Bonchev–Trinajstić information content (AvgIpc) is 3.23. The lowest BCUT2D eigenvalue weighted by molar-refractivity contribution is 0.0603. The van der Waals surface area contributed by atoms with Gasteiger partial charge in [-0.2, -0.15) is 4.80 Å². The molecule has 0 spiro atoms. The lowest BCUT2D eigenvalue weighted by atomic mass is 10.0. The van der Waals surface area contributed by atoms with E-state index in [1.807, 2.05) is 24.0 Å². The Balaban J connectivity index is 1.61. The van der Waals surface area contributed by atoms with Crippen LogP contribution in [0.4, 0.5) is 0 Å². The van der Waals surface area contributed by atoms with Crippen LogP contribution < -0.4 is 0 Å². The van der Waals surface area contributed by atoms with Crippen molar-refractivity contribution in [2.45, 2.75) is 58.7 Å². The van der Waals surface area contributed by atoms with Crippen molar-refractivity contribution in [1.29, 1.82) is 0 Å². The molecule has 1 atom stereocenters. The van der Waals surface area contributed by atoms with E-state index >= 15 is 0 Å². The minimum atomic E-state index is -0.170. The summed E-state index contributed by atoms with van der Waals surface area (Å²) in [6, 6.07) is 4.26. The van der Waals surface area contributed by atoms with E-state index in [9.17, 15) is 4.79 Å². The van der Waals surface area contributed by atoms with Crippen molar-refractivity contribution in [1.82, 2.24) is 30.0 Å². The highest BCUT2D eigenvalue weighted by molar-refractivity contribution is 7.13. The van der Waals surface area contributed by atoms with E-state index in [1.165, 1.54) is 4.88 Å². The van der Waals surface area contributed by atoms with Gasteiger partial charge in [-0.15, -0.1) is 21.5 Å². The van der Waals surface area contributed by atoms with Crippen molar-refractivity contribution in [2.24, 2.45) is 0 Å². The molecule has 3 rings (SSSR count). The summed E-state index contributed by atoms with van der Waals surface area (Å²) >= 11 is 1.57. The minimum Gasteiger partial charge on any atom is -0.336 e. The molecule has 0 bridgehead atoms. The van der Waals surface area contributed by atoms with Crippen LogP contribution in [0.3, 0.4) is 0 Å². The molecule has 142 valence electrons. The molecule has 1 unspecified atom stereocenters. The van der Waals surface area contributed by atoms with Crippen molar-refractivity contribution >= 4 is 17.2 Å². The van der Waals surface area contributed by atoms with Gasteiger partial charge < -0.3 is 4.90 Å². The number of piperidine rings is 1. The summed E-state index contributed by atoms with van der Waals surface area (Å²) < 4.78 is 0. The normalized spacial score (nSPS) is 18.5. The van der Waals surface area contributed by atoms with Crippen LogP contribution >= 0.6 is 11.3 Å². The number of hydrogen-bond donors (Lipinski definition) is 0. The number of carbonyl (C=O) groups excluding carboxylic acids is 1. The standard InChI is InChI=1S/C18H28N6OS/c1-13-8-9-15(26-13)17(25)23-10-6-7-14(11-23)22(5)12-16-19-21-24(20-16)18(2,3)4/h8-9,14H,6-7,10-12H2,1-5H3. The number of likely N-dealkylation sites (N-methyl/N-ethyl adjacent to an activating group) is 1. The van der Waals surface area contributed by atoms with Gasteiger partial charge in [0.25, 0.3) is 5.91 Å². The average molecular weight is 377 g/mol. The van der Waals surface area contributed by atoms with Gasteiger partial charge in [-0.25, -0.2) is 0 Å². The molecule has 7 nitrogen and oxygen atoms in total. The van der Waals surface area contributed by atoms with Crippen molar-refractivity contribution in [3.05, 3.63) is 27.7 Å². The van der Waals surface area contributed by atoms with Crippen LogP contribution in [-0.4, -0.2) is 62.1 Å². The first kappa shape index (κ1) is 19.0. The topological polar surface area (TPSA) is 67.2 Å². The molecule has 3 heterocycles. The van der Waals surface area contributed by atoms with Crippen LogP contribution in [0.15, 0.2) is 12.1 Å². The predicted molar refractivity (Wildman–Crippen MR) is 102 cm³/mol. The molecule has 0 radical (unpaired) electrons. The maximum absolute atomic E-state index is 12.7. The molecule has 8 heteroatoms. The molecule has 1 amide bonds. The Bertz CT molecular complexity index is 762. The summed E-state index contributed by atoms with van der Waals surface area (Å²) in [5, 5.41) is 12.8. The van der Waals surface area contributed by atoms with E-state index in [0.717, 1.165) is 36.6 Å². The number of rotatable bonds is 4. The van der Waals surface area contributed by atoms with E-state index in [2.05, 4.69) is 48.1 Å². The second-order valence-electron chi connectivity index (χ2n) is 8.04. The van der Waals surface area contributed by atoms with Crippen molar-refractivity contribution in [3.63, 3.8) is 0 Å². The van der Waals surface area contributed by atoms with Gasteiger partial charge in [-0.1, -0.05) is 0 Å². The molecule has 0 N–H and O–H groups in total. The molecule has 2 aromatic heterocycles. The van der Waals surface area contributed by atoms with E-state index in [-0.39, 0.29) is 11.4 Å². The highest BCUT2D eigenvalue weighted by Gasteiger charge is 2.28. The smallest absolute Gasteiger partial charge is 0.263 e. The zero-order valence-corrected chi connectivity index (χ0v) is 17.1. The Morgan fingerprint density at radius 3 is 2.77 bits per heavy atom. The summed E-state index contributed by atoms with van der Waals surface area (Å²) in [6.07, 6.45) is 2.10. The number of aromatic nitrogens is 4. The van der Waals surface area contributed by atoms with Gasteiger partial charge in [0.15, 0.2) is 5.82 Å². The van der Waals surface area contributed by atoms with Gasteiger partial charge >= 0.3 is 0 Å². The van der Waals surface area contributed by atoms with E-state index < -0.39 is 0 Å². The summed E-state index contributed by atoms with van der Waals surface area (Å²) in [4.78, 5) is 20.6. The molecule has 1 aliphatic rings. The van der Waals surface area contributed by atoms with Gasteiger partial charge in [-0.3, -0.25) is 9.69 Å². The molecule has 0 aromatic carbocycles. The quantitative estimate of drug-likeness (QED) is 0.820. The number of hydrogen-bond acceptors (Lipinski definition) is 6. The Hall–Kier alpha value is -1.80. The molecule has 0 aliphatic carbocycles. The molecular weight excluding hydrogens is 348 g/mol. The maximum Gasteiger partial charge on any atom is 0.263 e. The Morgan fingerprint density at radius 2 is 2.15 bits per heavy atom. The van der Waals surface area contributed by atoms with Crippen molar-refractivity contribution in [3.8, 4) is 0 Å². The summed E-state index contributed by atoms with van der Waals surface area (Å²) in [5.41, 5.74) is -0.170. The van der Waals surface area contributed by atoms with Crippen LogP contribution in [0.2, 0.25) is 0 Å². The lowest BCUT2D eigenvalue weighted by Crippen LogP contribution is -2.48. The first-order chi connectivity index (χ1) is 12.2. The van der Waals surface area contributed by atoms with Crippen LogP contribution in [0.5, 0.6) is 0 Å². The van der Waals surface area contributed by atoms with Crippen LogP contribution in [0.25, 0.3) is 0 Å². The largest absolute Gasteiger partial charge is 0.336 e. The van der Waals surface area contributed by atoms with E-state index in [0.29, 0.717) is 12.6 Å². The van der Waals surface area contributed by atoms with Gasteiger partial charge in [0.2, 0.25) is 0 Å². The van der Waals surface area contributed by atoms with Gasteiger partial charge in [0, 0.05) is 24.0 Å². The number of aryl methyl sites for hydroxylation is 1. The molecule has 1 saturated heterocycles. The Kier molecular flexibility index (Phi) is 5.43. The summed E-state index contributed by atoms with van der Waals surface area (Å²) in [7, 11) is 2.08. The van der Waals surface area contributed by atoms with Crippen molar-refractivity contribution in [2.75, 3.05) is 20.1 Å². The molecule has 1 fully saturated rings. The molecule has 0 saturated carbocycles. The fourth-order valence-electron chi connectivity index (χ4n) is 3.15. The van der Waals surface area contributed by atoms with Crippen LogP contribution in [0.1, 0.15) is 54.0 Å². The zero-order valence-electron chi connectivity index (χ0n) is 16.3. The number of tetrazole rings is 1. The molecule has 26 heavy (non-hydrogen) atoms. The third-order valence-corrected chi connectivity index (χ3v) is 5.69. The summed E-state index contributed by atoms with van der Waals surface area (Å²) in [6.45, 7) is 10.4. The molecular formula is C18H28N6OS. The highest BCUT2D eigenvalue weighted by Crippen LogP contribution is 2.22. The second kappa shape index (κ2) is 7.44. The number of thiophene rings is 1. The van der Waals surface area contributed by atoms with Crippen LogP contribution in [0, 0.1) is 6.92 Å². The van der Waals surface area contributed by atoms with Crippen LogP contribution in [-0.2, 0) is 12.1 Å². The first-order valence-electron chi connectivity index (χ1n) is 9.09. The number of likely N-dealkylation sites (tertiary alicyclic amines) is 1. The third-order valence-electron chi connectivity index (χ3n) is 4.70. The fraction of sp³-hybridized carbons (Fsp3) is 0.667. The highest BCUT2D eigenvalue weighted by atomic mass is 32.1. The monoisotopic (exact) mass is 376 g/mol. The lowest BCUT2D eigenvalue weighted by Gasteiger charge is -2.37. The molecule has 1 aliphatic heterocycles. The summed E-state index contributed by atoms with van der Waals surface area (Å²) in [5.74, 6) is 0.873. The first-order valence-corrected chi connectivity index (χ1v) is 9.91. The number of amides is 1. The zero-order chi connectivity index (χ0) is 18.9.